The molecule has 0 radical (unpaired) electrons. The van der Waals surface area contributed by atoms with Crippen LogP contribution in [0.3, 0.4) is 0 Å². The standard InChI is InChI=1S/C13H32O4Si2.CH4/c1-13(2,16-18(3,4)11-7-9-14)17-19(5,6)12-8-10-15;/h14-15H,7-12H2,1-6H3;1H4. The van der Waals surface area contributed by atoms with E-state index in [9.17, 15) is 0 Å². The fourth-order valence-electron chi connectivity index (χ4n) is 2.46. The van der Waals surface area contributed by atoms with E-state index in [1.165, 1.54) is 0 Å². The molecule has 6 heteroatoms. The van der Waals surface area contributed by atoms with Crippen LogP contribution in [0.1, 0.15) is 34.1 Å². The lowest BCUT2D eigenvalue weighted by Gasteiger charge is -2.40. The Morgan fingerprint density at radius 1 is 0.800 bits per heavy atom. The number of hydrogen-bond acceptors (Lipinski definition) is 4. The molecule has 0 fully saturated rings. The Hall–Kier alpha value is 0.274. The van der Waals surface area contributed by atoms with Crippen molar-refractivity contribution >= 4 is 16.6 Å². The number of aliphatic hydroxyl groups excluding tert-OH is 2. The van der Waals surface area contributed by atoms with Crippen molar-refractivity contribution in [3.63, 3.8) is 0 Å². The highest BCUT2D eigenvalue weighted by Gasteiger charge is 2.36. The Morgan fingerprint density at radius 3 is 1.35 bits per heavy atom. The SMILES string of the molecule is C.CC(C)(O[Si](C)(C)CCCO)O[Si](C)(C)CCCO. The van der Waals surface area contributed by atoms with Gasteiger partial charge in [-0.1, -0.05) is 7.43 Å². The molecule has 124 valence electrons. The molecule has 0 unspecified atom stereocenters. The molecule has 0 saturated carbocycles. The van der Waals surface area contributed by atoms with Crippen LogP contribution in [0.5, 0.6) is 0 Å². The van der Waals surface area contributed by atoms with Gasteiger partial charge in [-0.3, -0.25) is 0 Å². The molecule has 0 aliphatic heterocycles. The first-order valence-corrected chi connectivity index (χ1v) is 13.4. The van der Waals surface area contributed by atoms with E-state index in [1.807, 2.05) is 13.8 Å². The molecule has 20 heavy (non-hydrogen) atoms. The van der Waals surface area contributed by atoms with Crippen LogP contribution in [0.2, 0.25) is 38.3 Å². The first-order valence-electron chi connectivity index (χ1n) is 7.16. The average molecular weight is 325 g/mol. The predicted octanol–water partition coefficient (Wildman–Crippen LogP) is 3.57. The van der Waals surface area contributed by atoms with Gasteiger partial charge in [-0.15, -0.1) is 0 Å². The Balaban J connectivity index is 0. The first kappa shape index (κ1) is 22.6. The van der Waals surface area contributed by atoms with Crippen molar-refractivity contribution < 1.29 is 19.1 Å². The second kappa shape index (κ2) is 9.32. The van der Waals surface area contributed by atoms with Crippen molar-refractivity contribution in [2.45, 2.75) is 78.2 Å². The van der Waals surface area contributed by atoms with Crippen LogP contribution >= 0.6 is 0 Å². The van der Waals surface area contributed by atoms with Crippen molar-refractivity contribution in [1.29, 1.82) is 0 Å². The Morgan fingerprint density at radius 2 is 1.10 bits per heavy atom. The zero-order chi connectivity index (χ0) is 15.2. The van der Waals surface area contributed by atoms with Crippen LogP contribution in [0, 0.1) is 0 Å². The van der Waals surface area contributed by atoms with Crippen molar-refractivity contribution in [2.75, 3.05) is 13.2 Å². The van der Waals surface area contributed by atoms with E-state index in [2.05, 4.69) is 26.2 Å². The number of hydrogen-bond donors (Lipinski definition) is 2. The highest BCUT2D eigenvalue weighted by atomic mass is 28.4. The third-order valence-electron chi connectivity index (χ3n) is 2.92. The highest BCUT2D eigenvalue weighted by Crippen LogP contribution is 2.28. The second-order valence-corrected chi connectivity index (χ2v) is 15.2. The van der Waals surface area contributed by atoms with E-state index >= 15 is 0 Å². The van der Waals surface area contributed by atoms with Crippen LogP contribution < -0.4 is 0 Å². The lowest BCUT2D eigenvalue weighted by molar-refractivity contribution is -0.0965. The zero-order valence-corrected chi connectivity index (χ0v) is 15.5. The van der Waals surface area contributed by atoms with E-state index in [1.54, 1.807) is 0 Å². The van der Waals surface area contributed by atoms with Gasteiger partial charge in [0, 0.05) is 13.2 Å². The Bertz CT molecular complexity index is 232. The van der Waals surface area contributed by atoms with Gasteiger partial charge in [-0.2, -0.15) is 0 Å². The van der Waals surface area contributed by atoms with E-state index in [4.69, 9.17) is 19.1 Å². The smallest absolute Gasteiger partial charge is 0.190 e. The summed E-state index contributed by atoms with van der Waals surface area (Å²) in [6.45, 7) is 13.1. The van der Waals surface area contributed by atoms with Crippen molar-refractivity contribution in [3.05, 3.63) is 0 Å². The molecule has 0 saturated heterocycles. The van der Waals surface area contributed by atoms with Gasteiger partial charge in [0.15, 0.2) is 16.6 Å². The highest BCUT2D eigenvalue weighted by molar-refractivity contribution is 6.72. The van der Waals surface area contributed by atoms with Gasteiger partial charge >= 0.3 is 0 Å². The van der Waals surface area contributed by atoms with Crippen LogP contribution in [-0.2, 0) is 8.85 Å². The lowest BCUT2D eigenvalue weighted by atomic mass is 10.4. The topological polar surface area (TPSA) is 58.9 Å². The molecule has 0 aliphatic carbocycles. The molecule has 0 aromatic carbocycles. The molecule has 0 rings (SSSR count). The average Bonchev–Trinajstić information content (AvgIpc) is 2.20. The fraction of sp³-hybridized carbons (Fsp3) is 1.00. The maximum Gasteiger partial charge on any atom is 0.190 e. The van der Waals surface area contributed by atoms with E-state index in [0.717, 1.165) is 24.9 Å². The van der Waals surface area contributed by atoms with Gasteiger partial charge in [0.25, 0.3) is 0 Å². The molecule has 0 aromatic heterocycles. The van der Waals surface area contributed by atoms with Crippen LogP contribution in [0.25, 0.3) is 0 Å². The molecule has 0 heterocycles. The van der Waals surface area contributed by atoms with E-state index < -0.39 is 22.4 Å². The molecule has 0 aromatic rings. The molecule has 0 aliphatic rings. The largest absolute Gasteiger partial charge is 0.396 e. The lowest BCUT2D eigenvalue weighted by Crippen LogP contribution is -2.48. The summed E-state index contributed by atoms with van der Waals surface area (Å²) in [5, 5.41) is 17.9. The first-order chi connectivity index (χ1) is 8.54. The van der Waals surface area contributed by atoms with Crippen molar-refractivity contribution in [2.24, 2.45) is 0 Å². The molecule has 0 amide bonds. The molecule has 2 N–H and O–H groups in total. The molecular formula is C14H36O4Si2. The van der Waals surface area contributed by atoms with Crippen LogP contribution in [0.4, 0.5) is 0 Å². The maximum atomic E-state index is 8.93. The summed E-state index contributed by atoms with van der Waals surface area (Å²) in [5.74, 6) is -0.573. The summed E-state index contributed by atoms with van der Waals surface area (Å²) in [6, 6.07) is 1.88. The minimum Gasteiger partial charge on any atom is -0.396 e. The van der Waals surface area contributed by atoms with Crippen LogP contribution in [-0.4, -0.2) is 45.8 Å². The molecule has 0 bridgehead atoms. The summed E-state index contributed by atoms with van der Waals surface area (Å²) >= 11 is 0. The summed E-state index contributed by atoms with van der Waals surface area (Å²) < 4.78 is 12.4. The summed E-state index contributed by atoms with van der Waals surface area (Å²) in [7, 11) is -3.61. The normalized spacial score (nSPS) is 13.2. The van der Waals surface area contributed by atoms with Crippen molar-refractivity contribution in [1.82, 2.24) is 0 Å². The Labute approximate surface area is 127 Å². The molecule has 0 spiro atoms. The van der Waals surface area contributed by atoms with Gasteiger partial charge < -0.3 is 19.1 Å². The second-order valence-electron chi connectivity index (χ2n) is 6.78. The number of aliphatic hydroxyl groups is 2. The summed E-state index contributed by atoms with van der Waals surface area (Å²) in [5.41, 5.74) is 0. The number of rotatable bonds is 10. The minimum absolute atomic E-state index is 0. The summed E-state index contributed by atoms with van der Waals surface area (Å²) in [6.07, 6.45) is 1.58. The van der Waals surface area contributed by atoms with Gasteiger partial charge in [0.1, 0.15) is 5.79 Å². The minimum atomic E-state index is -1.80. The maximum absolute atomic E-state index is 8.93. The van der Waals surface area contributed by atoms with E-state index in [-0.39, 0.29) is 20.6 Å². The van der Waals surface area contributed by atoms with Gasteiger partial charge in [0.2, 0.25) is 0 Å². The van der Waals surface area contributed by atoms with Gasteiger partial charge in [-0.05, 0) is 65.0 Å². The fourth-order valence-corrected chi connectivity index (χ4v) is 7.51. The monoisotopic (exact) mass is 324 g/mol. The van der Waals surface area contributed by atoms with Crippen molar-refractivity contribution in [3.8, 4) is 0 Å². The molecule has 4 nitrogen and oxygen atoms in total. The molecular weight excluding hydrogens is 288 g/mol. The van der Waals surface area contributed by atoms with Gasteiger partial charge in [0.05, 0.1) is 0 Å². The third-order valence-corrected chi connectivity index (χ3v) is 8.12. The van der Waals surface area contributed by atoms with Crippen LogP contribution in [0.15, 0.2) is 0 Å². The quantitative estimate of drug-likeness (QED) is 0.476. The van der Waals surface area contributed by atoms with E-state index in [0.29, 0.717) is 0 Å². The predicted molar refractivity (Wildman–Crippen MR) is 91.0 cm³/mol. The third kappa shape index (κ3) is 11.0. The Kier molecular flexibility index (Phi) is 10.5. The molecule has 0 atom stereocenters. The summed E-state index contributed by atoms with van der Waals surface area (Å²) in [4.78, 5) is 0. The zero-order valence-electron chi connectivity index (χ0n) is 13.5. The van der Waals surface area contributed by atoms with Gasteiger partial charge in [-0.25, -0.2) is 0 Å².